The molecule has 3 nitrogen and oxygen atoms in total. The Morgan fingerprint density at radius 3 is 2.42 bits per heavy atom. The molecule has 3 N–H and O–H groups in total. The molecule has 0 aliphatic heterocycles. The maximum absolute atomic E-state index is 10.5. The summed E-state index contributed by atoms with van der Waals surface area (Å²) < 4.78 is 0. The Bertz CT molecular complexity index is 134. The molecule has 0 bridgehead atoms. The van der Waals surface area contributed by atoms with Crippen molar-refractivity contribution in [1.29, 1.82) is 0 Å². The van der Waals surface area contributed by atoms with Gasteiger partial charge in [-0.2, -0.15) is 0 Å². The van der Waals surface area contributed by atoms with E-state index < -0.39 is 0 Å². The van der Waals surface area contributed by atoms with Crippen LogP contribution in [-0.2, 0) is 4.79 Å². The Hall–Kier alpha value is -0.570. The van der Waals surface area contributed by atoms with Gasteiger partial charge in [-0.15, -0.1) is 0 Å². The van der Waals surface area contributed by atoms with E-state index in [1.165, 1.54) is 0 Å². The molecule has 0 saturated heterocycles. The Balaban J connectivity index is 3.31. The van der Waals surface area contributed by atoms with Gasteiger partial charge in [-0.1, -0.05) is 13.8 Å². The van der Waals surface area contributed by atoms with Gasteiger partial charge in [0.15, 0.2) is 0 Å². The number of rotatable bonds is 6. The van der Waals surface area contributed by atoms with Crippen LogP contribution in [0.1, 0.15) is 33.6 Å². The first kappa shape index (κ1) is 11.4. The van der Waals surface area contributed by atoms with E-state index in [0.717, 1.165) is 13.0 Å². The van der Waals surface area contributed by atoms with Crippen molar-refractivity contribution in [3.8, 4) is 0 Å². The lowest BCUT2D eigenvalue weighted by Gasteiger charge is -2.12. The van der Waals surface area contributed by atoms with Crippen LogP contribution >= 0.6 is 0 Å². The fourth-order valence-corrected chi connectivity index (χ4v) is 0.992. The predicted molar refractivity (Wildman–Crippen MR) is 50.7 cm³/mol. The minimum Gasteiger partial charge on any atom is -0.370 e. The van der Waals surface area contributed by atoms with Gasteiger partial charge in [0.1, 0.15) is 0 Å². The second kappa shape index (κ2) is 6.00. The van der Waals surface area contributed by atoms with Gasteiger partial charge in [0, 0.05) is 12.5 Å². The lowest BCUT2D eigenvalue weighted by atomic mass is 10.1. The molecule has 0 aliphatic carbocycles. The van der Waals surface area contributed by atoms with Crippen molar-refractivity contribution in [3.63, 3.8) is 0 Å². The maximum Gasteiger partial charge on any atom is 0.218 e. The van der Waals surface area contributed by atoms with Crippen molar-refractivity contribution in [2.45, 2.75) is 39.7 Å². The molecule has 0 saturated carbocycles. The fourth-order valence-electron chi connectivity index (χ4n) is 0.992. The first-order valence-electron chi connectivity index (χ1n) is 4.54. The van der Waals surface area contributed by atoms with Gasteiger partial charge in [-0.3, -0.25) is 4.79 Å². The molecule has 0 aliphatic rings. The molecule has 0 rings (SSSR count). The van der Waals surface area contributed by atoms with E-state index in [9.17, 15) is 4.79 Å². The van der Waals surface area contributed by atoms with Crippen LogP contribution in [0.25, 0.3) is 0 Å². The van der Waals surface area contributed by atoms with Crippen LogP contribution in [0, 0.1) is 5.92 Å². The van der Waals surface area contributed by atoms with E-state index in [-0.39, 0.29) is 11.9 Å². The van der Waals surface area contributed by atoms with E-state index in [2.05, 4.69) is 19.2 Å². The lowest BCUT2D eigenvalue weighted by molar-refractivity contribution is -0.118. The van der Waals surface area contributed by atoms with Crippen molar-refractivity contribution in [2.75, 3.05) is 6.54 Å². The Morgan fingerprint density at radius 2 is 2.00 bits per heavy atom. The highest BCUT2D eigenvalue weighted by atomic mass is 16.1. The summed E-state index contributed by atoms with van der Waals surface area (Å²) in [4.78, 5) is 10.5. The number of carbonyl (C=O) groups excluding carboxylic acids is 1. The maximum atomic E-state index is 10.5. The molecule has 1 atom stereocenters. The highest BCUT2D eigenvalue weighted by Crippen LogP contribution is 1.97. The second-order valence-corrected chi connectivity index (χ2v) is 3.71. The van der Waals surface area contributed by atoms with Gasteiger partial charge < -0.3 is 11.1 Å². The summed E-state index contributed by atoms with van der Waals surface area (Å²) in [6.45, 7) is 7.30. The molecule has 3 heteroatoms. The normalized spacial score (nSPS) is 13.3. The average Bonchev–Trinajstić information content (AvgIpc) is 1.84. The quantitative estimate of drug-likeness (QED) is 0.625. The summed E-state index contributed by atoms with van der Waals surface area (Å²) in [5.41, 5.74) is 5.05. The highest BCUT2D eigenvalue weighted by molar-refractivity contribution is 5.74. The molecule has 1 amide bonds. The van der Waals surface area contributed by atoms with E-state index in [0.29, 0.717) is 12.3 Å². The molecule has 0 aromatic heterocycles. The van der Waals surface area contributed by atoms with Crippen molar-refractivity contribution in [3.05, 3.63) is 0 Å². The largest absolute Gasteiger partial charge is 0.370 e. The third-order valence-corrected chi connectivity index (χ3v) is 1.72. The number of amides is 1. The molecule has 0 aromatic carbocycles. The SMILES string of the molecule is CC(C)CCNC(C)CC(N)=O. The zero-order valence-corrected chi connectivity index (χ0v) is 8.26. The van der Waals surface area contributed by atoms with Gasteiger partial charge in [0.05, 0.1) is 0 Å². The summed E-state index contributed by atoms with van der Waals surface area (Å²) in [5.74, 6) is 0.470. The van der Waals surface area contributed by atoms with Gasteiger partial charge in [0.25, 0.3) is 0 Å². The van der Waals surface area contributed by atoms with Gasteiger partial charge >= 0.3 is 0 Å². The van der Waals surface area contributed by atoms with Crippen LogP contribution < -0.4 is 11.1 Å². The second-order valence-electron chi connectivity index (χ2n) is 3.71. The van der Waals surface area contributed by atoms with Crippen LogP contribution in [0.2, 0.25) is 0 Å². The number of hydrogen-bond donors (Lipinski definition) is 2. The zero-order chi connectivity index (χ0) is 9.56. The summed E-state index contributed by atoms with van der Waals surface area (Å²) >= 11 is 0. The molecule has 0 radical (unpaired) electrons. The predicted octanol–water partition coefficient (Wildman–Crippen LogP) is 0.886. The summed E-state index contributed by atoms with van der Waals surface area (Å²) in [7, 11) is 0. The van der Waals surface area contributed by atoms with Gasteiger partial charge in [0.2, 0.25) is 5.91 Å². The van der Waals surface area contributed by atoms with Crippen molar-refractivity contribution >= 4 is 5.91 Å². The molecule has 72 valence electrons. The van der Waals surface area contributed by atoms with Crippen molar-refractivity contribution in [1.82, 2.24) is 5.32 Å². The van der Waals surface area contributed by atoms with Crippen LogP contribution in [0.15, 0.2) is 0 Å². The van der Waals surface area contributed by atoms with E-state index in [1.54, 1.807) is 0 Å². The molecule has 0 heterocycles. The topological polar surface area (TPSA) is 55.1 Å². The third kappa shape index (κ3) is 7.54. The molecule has 1 unspecified atom stereocenters. The molecular formula is C9H20N2O. The van der Waals surface area contributed by atoms with Crippen molar-refractivity contribution < 1.29 is 4.79 Å². The fraction of sp³-hybridized carbons (Fsp3) is 0.889. The first-order chi connectivity index (χ1) is 5.52. The number of hydrogen-bond acceptors (Lipinski definition) is 2. The standard InChI is InChI=1S/C9H20N2O/c1-7(2)4-5-11-8(3)6-9(10)12/h7-8,11H,4-6H2,1-3H3,(H2,10,12). The van der Waals surface area contributed by atoms with Crippen LogP contribution in [0.4, 0.5) is 0 Å². The first-order valence-corrected chi connectivity index (χ1v) is 4.54. The summed E-state index contributed by atoms with van der Waals surface area (Å²) in [6.07, 6.45) is 1.57. The average molecular weight is 172 g/mol. The van der Waals surface area contributed by atoms with E-state index in [1.807, 2.05) is 6.92 Å². The highest BCUT2D eigenvalue weighted by Gasteiger charge is 2.04. The van der Waals surface area contributed by atoms with Crippen molar-refractivity contribution in [2.24, 2.45) is 11.7 Å². The Morgan fingerprint density at radius 1 is 1.42 bits per heavy atom. The molecule has 0 fully saturated rings. The smallest absolute Gasteiger partial charge is 0.218 e. The zero-order valence-electron chi connectivity index (χ0n) is 8.26. The monoisotopic (exact) mass is 172 g/mol. The Labute approximate surface area is 74.7 Å². The van der Waals surface area contributed by atoms with Gasteiger partial charge in [-0.25, -0.2) is 0 Å². The van der Waals surface area contributed by atoms with E-state index in [4.69, 9.17) is 5.73 Å². The number of nitrogens with one attached hydrogen (secondary N) is 1. The third-order valence-electron chi connectivity index (χ3n) is 1.72. The van der Waals surface area contributed by atoms with Gasteiger partial charge in [-0.05, 0) is 25.8 Å². The van der Waals surface area contributed by atoms with Crippen LogP contribution in [0.5, 0.6) is 0 Å². The lowest BCUT2D eigenvalue weighted by Crippen LogP contribution is -2.32. The summed E-state index contributed by atoms with van der Waals surface area (Å²) in [6, 6.07) is 0.209. The number of primary amides is 1. The molecule has 12 heavy (non-hydrogen) atoms. The minimum absolute atomic E-state index is 0.209. The summed E-state index contributed by atoms with van der Waals surface area (Å²) in [5, 5.41) is 3.24. The molecular weight excluding hydrogens is 152 g/mol. The number of nitrogens with two attached hydrogens (primary N) is 1. The minimum atomic E-state index is -0.237. The Kier molecular flexibility index (Phi) is 5.72. The molecule has 0 aromatic rings. The van der Waals surface area contributed by atoms with E-state index >= 15 is 0 Å². The molecule has 0 spiro atoms. The number of carbonyl (C=O) groups is 1. The van der Waals surface area contributed by atoms with Crippen LogP contribution in [0.3, 0.4) is 0 Å². The van der Waals surface area contributed by atoms with Crippen LogP contribution in [-0.4, -0.2) is 18.5 Å².